The Morgan fingerprint density at radius 2 is 2.25 bits per heavy atom. The van der Waals surface area contributed by atoms with Crippen LogP contribution in [0.4, 0.5) is 0 Å². The van der Waals surface area contributed by atoms with Gasteiger partial charge in [0.25, 0.3) is 0 Å². The van der Waals surface area contributed by atoms with Crippen LogP contribution >= 0.6 is 0 Å². The van der Waals surface area contributed by atoms with E-state index in [-0.39, 0.29) is 23.7 Å². The maximum atomic E-state index is 11.2. The van der Waals surface area contributed by atoms with Crippen molar-refractivity contribution in [1.82, 2.24) is 5.32 Å². The van der Waals surface area contributed by atoms with Crippen LogP contribution in [-0.4, -0.2) is 17.7 Å². The van der Waals surface area contributed by atoms with Gasteiger partial charge in [0.05, 0.1) is 12.0 Å². The van der Waals surface area contributed by atoms with E-state index in [9.17, 15) is 9.59 Å². The van der Waals surface area contributed by atoms with Crippen LogP contribution in [0.2, 0.25) is 0 Å². The second kappa shape index (κ2) is 6.26. The lowest BCUT2D eigenvalue weighted by molar-refractivity contribution is -0.133. The average molecular weight is 221 g/mol. The number of unbranched alkanes of at least 4 members (excludes halogenated alkanes) is 2. The predicted molar refractivity (Wildman–Crippen MR) is 63.9 cm³/mol. The van der Waals surface area contributed by atoms with Crippen molar-refractivity contribution in [3.63, 3.8) is 0 Å². The summed E-state index contributed by atoms with van der Waals surface area (Å²) in [5.41, 5.74) is 0. The summed E-state index contributed by atoms with van der Waals surface area (Å²) in [5.74, 6) is 0.351. The zero-order valence-corrected chi connectivity index (χ0v) is 9.74. The lowest BCUT2D eigenvalue weighted by Gasteiger charge is -2.34. The third kappa shape index (κ3) is 3.65. The number of carbonyl (C=O) groups excluding carboxylic acids is 2. The van der Waals surface area contributed by atoms with Crippen LogP contribution in [0.15, 0.2) is 24.8 Å². The molecule has 0 aromatic rings. The largest absolute Gasteiger partial charge is 0.349 e. The van der Waals surface area contributed by atoms with E-state index in [2.05, 4.69) is 11.9 Å². The summed E-state index contributed by atoms with van der Waals surface area (Å²) in [6.45, 7) is 5.23. The van der Waals surface area contributed by atoms with Gasteiger partial charge >= 0.3 is 0 Å². The lowest BCUT2D eigenvalue weighted by Crippen LogP contribution is -2.56. The van der Waals surface area contributed by atoms with Gasteiger partial charge in [-0.15, -0.1) is 6.58 Å². The number of allylic oxidation sites excluding steroid dienone is 2. The van der Waals surface area contributed by atoms with E-state index >= 15 is 0 Å². The standard InChI is InChI=1S/C13H19NO2/c1-3-12-11(13(16)14-12)9-7-5-4-6-8-10(2)15/h3,6,8,11-12H,1,4-5,7,9H2,2H3,(H,14,16)/b8-6+/t11-,12+/m1/s1. The monoisotopic (exact) mass is 221 g/mol. The van der Waals surface area contributed by atoms with Crippen molar-refractivity contribution in [2.75, 3.05) is 0 Å². The zero-order chi connectivity index (χ0) is 12.0. The fourth-order valence-electron chi connectivity index (χ4n) is 1.85. The summed E-state index contributed by atoms with van der Waals surface area (Å²) in [6, 6.07) is 0.167. The van der Waals surface area contributed by atoms with Crippen LogP contribution in [0.25, 0.3) is 0 Å². The Labute approximate surface area is 96.6 Å². The molecular weight excluding hydrogens is 202 g/mol. The quantitative estimate of drug-likeness (QED) is 0.309. The minimum atomic E-state index is 0.0880. The fourth-order valence-corrected chi connectivity index (χ4v) is 1.85. The second-order valence-corrected chi connectivity index (χ2v) is 4.17. The maximum Gasteiger partial charge on any atom is 0.226 e. The van der Waals surface area contributed by atoms with Gasteiger partial charge in [0.2, 0.25) is 5.91 Å². The molecule has 0 aliphatic carbocycles. The first kappa shape index (κ1) is 12.7. The normalized spacial score (nSPS) is 23.9. The molecule has 0 aromatic carbocycles. The van der Waals surface area contributed by atoms with E-state index in [4.69, 9.17) is 0 Å². The van der Waals surface area contributed by atoms with E-state index < -0.39 is 0 Å². The van der Waals surface area contributed by atoms with Gasteiger partial charge in [0, 0.05) is 0 Å². The van der Waals surface area contributed by atoms with E-state index in [1.807, 2.05) is 6.08 Å². The van der Waals surface area contributed by atoms with Gasteiger partial charge in [-0.2, -0.15) is 0 Å². The Morgan fingerprint density at radius 3 is 2.81 bits per heavy atom. The second-order valence-electron chi connectivity index (χ2n) is 4.17. The molecule has 1 rings (SSSR count). The molecule has 0 saturated carbocycles. The summed E-state index contributed by atoms with van der Waals surface area (Å²) in [6.07, 6.45) is 9.16. The molecule has 0 aromatic heterocycles. The maximum absolute atomic E-state index is 11.2. The van der Waals surface area contributed by atoms with Gasteiger partial charge in [0.15, 0.2) is 5.78 Å². The highest BCUT2D eigenvalue weighted by Crippen LogP contribution is 2.22. The molecule has 3 nitrogen and oxygen atoms in total. The molecule has 1 heterocycles. The Bertz CT molecular complexity index is 307. The number of hydrogen-bond donors (Lipinski definition) is 1. The highest BCUT2D eigenvalue weighted by Gasteiger charge is 2.35. The summed E-state index contributed by atoms with van der Waals surface area (Å²) in [7, 11) is 0. The summed E-state index contributed by atoms with van der Waals surface area (Å²) in [5, 5.41) is 2.79. The number of rotatable bonds is 7. The van der Waals surface area contributed by atoms with E-state index in [0.29, 0.717) is 0 Å². The van der Waals surface area contributed by atoms with Gasteiger partial charge in [-0.1, -0.05) is 18.6 Å². The van der Waals surface area contributed by atoms with Crippen LogP contribution < -0.4 is 5.32 Å². The number of carbonyl (C=O) groups is 2. The Kier molecular flexibility index (Phi) is 4.96. The highest BCUT2D eigenvalue weighted by atomic mass is 16.2. The van der Waals surface area contributed by atoms with Crippen molar-refractivity contribution >= 4 is 11.7 Å². The van der Waals surface area contributed by atoms with Crippen molar-refractivity contribution in [2.45, 2.75) is 38.6 Å². The first-order valence-corrected chi connectivity index (χ1v) is 5.75. The van der Waals surface area contributed by atoms with Crippen LogP contribution in [0.3, 0.4) is 0 Å². The Morgan fingerprint density at radius 1 is 1.50 bits per heavy atom. The molecule has 1 saturated heterocycles. The number of amides is 1. The smallest absolute Gasteiger partial charge is 0.226 e. The van der Waals surface area contributed by atoms with Crippen molar-refractivity contribution < 1.29 is 9.59 Å². The molecule has 1 fully saturated rings. The molecule has 1 aliphatic heterocycles. The van der Waals surface area contributed by atoms with Gasteiger partial charge in [-0.25, -0.2) is 0 Å². The number of ketones is 1. The number of nitrogens with one attached hydrogen (secondary N) is 1. The van der Waals surface area contributed by atoms with Gasteiger partial charge in [0.1, 0.15) is 0 Å². The van der Waals surface area contributed by atoms with Crippen molar-refractivity contribution in [3.8, 4) is 0 Å². The van der Waals surface area contributed by atoms with Crippen LogP contribution in [0.5, 0.6) is 0 Å². The molecule has 1 aliphatic rings. The minimum absolute atomic E-state index is 0.0880. The zero-order valence-electron chi connectivity index (χ0n) is 9.74. The Hall–Kier alpha value is -1.38. The third-order valence-corrected chi connectivity index (χ3v) is 2.82. The SMILES string of the molecule is C=C[C@@H]1NC(=O)[C@@H]1CCCC/C=C/C(C)=O. The van der Waals surface area contributed by atoms with Crippen molar-refractivity contribution in [1.29, 1.82) is 0 Å². The molecule has 2 atom stereocenters. The third-order valence-electron chi connectivity index (χ3n) is 2.82. The average Bonchev–Trinajstić information content (AvgIpc) is 2.23. The predicted octanol–water partition coefficient (Wildman–Crippen LogP) is 1.99. The molecule has 0 unspecified atom stereocenters. The van der Waals surface area contributed by atoms with Crippen LogP contribution in [0.1, 0.15) is 32.6 Å². The summed E-state index contributed by atoms with van der Waals surface area (Å²) in [4.78, 5) is 21.8. The topological polar surface area (TPSA) is 46.2 Å². The van der Waals surface area contributed by atoms with Gasteiger partial charge in [-0.05, 0) is 32.3 Å². The van der Waals surface area contributed by atoms with Crippen molar-refractivity contribution in [2.24, 2.45) is 5.92 Å². The van der Waals surface area contributed by atoms with Crippen LogP contribution in [-0.2, 0) is 9.59 Å². The number of hydrogen-bond acceptors (Lipinski definition) is 2. The first-order chi connectivity index (χ1) is 7.65. The van der Waals surface area contributed by atoms with Gasteiger partial charge in [-0.3, -0.25) is 9.59 Å². The lowest BCUT2D eigenvalue weighted by atomic mass is 9.86. The highest BCUT2D eigenvalue weighted by molar-refractivity contribution is 5.87. The molecule has 16 heavy (non-hydrogen) atoms. The molecule has 0 bridgehead atoms. The van der Waals surface area contributed by atoms with Gasteiger partial charge < -0.3 is 5.32 Å². The van der Waals surface area contributed by atoms with E-state index in [1.54, 1.807) is 19.1 Å². The van der Waals surface area contributed by atoms with E-state index in [1.165, 1.54) is 0 Å². The molecule has 0 spiro atoms. The summed E-state index contributed by atoms with van der Waals surface area (Å²) >= 11 is 0. The summed E-state index contributed by atoms with van der Waals surface area (Å²) < 4.78 is 0. The van der Waals surface area contributed by atoms with Crippen LogP contribution in [0, 0.1) is 5.92 Å². The fraction of sp³-hybridized carbons (Fsp3) is 0.538. The molecule has 1 amide bonds. The molecule has 0 radical (unpaired) electrons. The number of β-lactam (4-membered cyclic amide) rings is 1. The molecular formula is C13H19NO2. The Balaban J connectivity index is 2.09. The van der Waals surface area contributed by atoms with Crippen molar-refractivity contribution in [3.05, 3.63) is 24.8 Å². The minimum Gasteiger partial charge on any atom is -0.349 e. The van der Waals surface area contributed by atoms with E-state index in [0.717, 1.165) is 25.7 Å². The molecule has 3 heteroatoms. The molecule has 88 valence electrons. The molecule has 1 N–H and O–H groups in total. The first-order valence-electron chi connectivity index (χ1n) is 5.75.